The summed E-state index contributed by atoms with van der Waals surface area (Å²) in [4.78, 5) is 0. The topological polar surface area (TPSA) is 100 Å². The third-order valence-corrected chi connectivity index (χ3v) is 2.46. The lowest BCUT2D eigenvalue weighted by atomic mass is 10.1. The Kier molecular flexibility index (Phi) is 4.51. The minimum Gasteiger partial charge on any atom is -0.493 e. The molecule has 0 aliphatic rings. The highest BCUT2D eigenvalue weighted by Crippen LogP contribution is 2.29. The van der Waals surface area contributed by atoms with E-state index in [0.29, 0.717) is 5.56 Å². The Morgan fingerprint density at radius 2 is 1.89 bits per heavy atom. The normalized spacial score (nSPS) is 9.89. The summed E-state index contributed by atoms with van der Waals surface area (Å²) in [6.45, 7) is 0. The molecule has 0 atom stereocenters. The molecule has 7 heteroatoms. The molecule has 1 aromatic carbocycles. The van der Waals surface area contributed by atoms with Crippen LogP contribution in [0, 0.1) is 22.7 Å². The van der Waals surface area contributed by atoms with Crippen molar-refractivity contribution in [3.05, 3.63) is 29.3 Å². The Morgan fingerprint density at radius 3 is 2.37 bits per heavy atom. The second-order valence-corrected chi connectivity index (χ2v) is 5.05. The maximum absolute atomic E-state index is 11.0. The molecule has 98 valence electrons. The predicted molar refractivity (Wildman–Crippen MR) is 67.7 cm³/mol. The molecule has 0 unspecified atom stereocenters. The van der Waals surface area contributed by atoms with Gasteiger partial charge in [0.25, 0.3) is 0 Å². The average Bonchev–Trinajstić information content (AvgIpc) is 2.35. The number of nitrogens with zero attached hydrogens (tertiary/aromatic N) is 2. The largest absolute Gasteiger partial charge is 0.493 e. The maximum atomic E-state index is 11.0. The van der Waals surface area contributed by atoms with Crippen LogP contribution in [0.2, 0.25) is 0 Å². The quantitative estimate of drug-likeness (QED) is 0.610. The lowest BCUT2D eigenvalue weighted by Crippen LogP contribution is -2.06. The molecular weight excluding hydrogens is 268 g/mol. The Bertz CT molecular complexity index is 677. The third kappa shape index (κ3) is 4.34. The Morgan fingerprint density at radius 1 is 1.26 bits per heavy atom. The van der Waals surface area contributed by atoms with Gasteiger partial charge < -0.3 is 8.92 Å². The number of hydrogen-bond acceptors (Lipinski definition) is 6. The molecule has 1 rings (SSSR count). The van der Waals surface area contributed by atoms with Crippen LogP contribution >= 0.6 is 0 Å². The summed E-state index contributed by atoms with van der Waals surface area (Å²) >= 11 is 0. The van der Waals surface area contributed by atoms with E-state index >= 15 is 0 Å². The van der Waals surface area contributed by atoms with Crippen LogP contribution in [0.5, 0.6) is 11.5 Å². The average molecular weight is 278 g/mol. The number of rotatable bonds is 4. The van der Waals surface area contributed by atoms with Gasteiger partial charge in [-0.05, 0) is 23.8 Å². The Balaban J connectivity index is 3.21. The lowest BCUT2D eigenvalue weighted by molar-refractivity contribution is 0.391. The van der Waals surface area contributed by atoms with Crippen LogP contribution < -0.4 is 8.92 Å². The zero-order valence-electron chi connectivity index (χ0n) is 10.2. The molecule has 0 bridgehead atoms. The van der Waals surface area contributed by atoms with Gasteiger partial charge in [-0.25, -0.2) is 0 Å². The van der Waals surface area contributed by atoms with Crippen LogP contribution in [0.1, 0.15) is 5.56 Å². The molecule has 0 heterocycles. The van der Waals surface area contributed by atoms with E-state index in [-0.39, 0.29) is 17.1 Å². The number of benzene rings is 1. The van der Waals surface area contributed by atoms with Crippen molar-refractivity contribution < 1.29 is 17.3 Å². The number of allylic oxidation sites excluding steroid dienone is 1. The lowest BCUT2D eigenvalue weighted by Gasteiger charge is -2.09. The fraction of sp³-hybridized carbons (Fsp3) is 0.167. The fourth-order valence-corrected chi connectivity index (χ4v) is 1.73. The number of methoxy groups -OCH3 is 1. The first-order valence-electron chi connectivity index (χ1n) is 4.99. The summed E-state index contributed by atoms with van der Waals surface area (Å²) in [5.41, 5.74) is 0.453. The van der Waals surface area contributed by atoms with Crippen molar-refractivity contribution in [3.63, 3.8) is 0 Å². The van der Waals surface area contributed by atoms with Crippen molar-refractivity contribution in [1.29, 1.82) is 10.5 Å². The molecule has 0 saturated carbocycles. The van der Waals surface area contributed by atoms with Crippen LogP contribution in [0.4, 0.5) is 0 Å². The molecule has 0 spiro atoms. The van der Waals surface area contributed by atoms with Crippen LogP contribution in [-0.2, 0) is 10.1 Å². The summed E-state index contributed by atoms with van der Waals surface area (Å²) in [7, 11) is -2.30. The van der Waals surface area contributed by atoms with Gasteiger partial charge in [0, 0.05) is 0 Å². The minimum absolute atomic E-state index is 0.0395. The Labute approximate surface area is 111 Å². The first-order valence-corrected chi connectivity index (χ1v) is 6.80. The fourth-order valence-electron chi connectivity index (χ4n) is 1.26. The molecule has 0 aromatic heterocycles. The number of hydrogen-bond donors (Lipinski definition) is 0. The Hall–Kier alpha value is -2.51. The highest BCUT2D eigenvalue weighted by Gasteiger charge is 2.11. The number of ether oxygens (including phenoxy) is 1. The van der Waals surface area contributed by atoms with Crippen molar-refractivity contribution in [1.82, 2.24) is 0 Å². The van der Waals surface area contributed by atoms with Crippen molar-refractivity contribution in [2.45, 2.75) is 0 Å². The van der Waals surface area contributed by atoms with Gasteiger partial charge in [0.1, 0.15) is 17.7 Å². The highest BCUT2D eigenvalue weighted by atomic mass is 32.2. The SMILES string of the molecule is COc1cc(C=C(C#N)C#N)ccc1OS(C)(=O)=O. The van der Waals surface area contributed by atoms with Gasteiger partial charge >= 0.3 is 10.1 Å². The van der Waals surface area contributed by atoms with E-state index in [1.165, 1.54) is 31.4 Å². The van der Waals surface area contributed by atoms with Crippen LogP contribution in [0.15, 0.2) is 23.8 Å². The highest BCUT2D eigenvalue weighted by molar-refractivity contribution is 7.86. The van der Waals surface area contributed by atoms with E-state index in [4.69, 9.17) is 19.4 Å². The predicted octanol–water partition coefficient (Wildman–Crippen LogP) is 1.46. The summed E-state index contributed by atoms with van der Waals surface area (Å²) in [6.07, 6.45) is 2.27. The molecule has 0 radical (unpaired) electrons. The molecule has 0 amide bonds. The summed E-state index contributed by atoms with van der Waals surface area (Å²) in [6, 6.07) is 7.81. The van der Waals surface area contributed by atoms with Crippen molar-refractivity contribution in [2.75, 3.05) is 13.4 Å². The van der Waals surface area contributed by atoms with Gasteiger partial charge in [-0.15, -0.1) is 0 Å². The van der Waals surface area contributed by atoms with Gasteiger partial charge in [-0.1, -0.05) is 6.07 Å². The van der Waals surface area contributed by atoms with Crippen LogP contribution in [-0.4, -0.2) is 21.8 Å². The number of nitriles is 2. The van der Waals surface area contributed by atoms with E-state index in [1.807, 2.05) is 0 Å². The van der Waals surface area contributed by atoms with Crippen molar-refractivity contribution in [2.24, 2.45) is 0 Å². The maximum Gasteiger partial charge on any atom is 0.306 e. The molecule has 0 aliphatic carbocycles. The van der Waals surface area contributed by atoms with Crippen LogP contribution in [0.3, 0.4) is 0 Å². The molecule has 1 aromatic rings. The molecule has 0 saturated heterocycles. The molecule has 6 nitrogen and oxygen atoms in total. The standard InChI is InChI=1S/C12H10N2O4S/c1-17-12-6-9(5-10(7-13)8-14)3-4-11(12)18-19(2,15)16/h3-6H,1-2H3. The van der Waals surface area contributed by atoms with E-state index in [1.54, 1.807) is 12.1 Å². The smallest absolute Gasteiger partial charge is 0.306 e. The van der Waals surface area contributed by atoms with Crippen molar-refractivity contribution >= 4 is 16.2 Å². The van der Waals surface area contributed by atoms with Gasteiger partial charge in [0.15, 0.2) is 11.5 Å². The van der Waals surface area contributed by atoms with Crippen LogP contribution in [0.25, 0.3) is 6.08 Å². The van der Waals surface area contributed by atoms with Gasteiger partial charge in [-0.3, -0.25) is 0 Å². The van der Waals surface area contributed by atoms with E-state index in [9.17, 15) is 8.42 Å². The van der Waals surface area contributed by atoms with E-state index < -0.39 is 10.1 Å². The zero-order chi connectivity index (χ0) is 14.5. The van der Waals surface area contributed by atoms with E-state index in [2.05, 4.69) is 0 Å². The molecular formula is C12H10N2O4S. The second kappa shape index (κ2) is 5.89. The minimum atomic E-state index is -3.66. The van der Waals surface area contributed by atoms with E-state index in [0.717, 1.165) is 6.26 Å². The first-order chi connectivity index (χ1) is 8.89. The monoisotopic (exact) mass is 278 g/mol. The molecule has 0 N–H and O–H groups in total. The molecule has 0 aliphatic heterocycles. The molecule has 0 fully saturated rings. The molecule has 19 heavy (non-hydrogen) atoms. The summed E-state index contributed by atoms with van der Waals surface area (Å²) in [5, 5.41) is 17.3. The summed E-state index contributed by atoms with van der Waals surface area (Å²) < 4.78 is 31.8. The van der Waals surface area contributed by atoms with Gasteiger partial charge in [0.2, 0.25) is 0 Å². The van der Waals surface area contributed by atoms with Gasteiger partial charge in [-0.2, -0.15) is 18.9 Å². The summed E-state index contributed by atoms with van der Waals surface area (Å²) in [5.74, 6) is 0.229. The van der Waals surface area contributed by atoms with Crippen molar-refractivity contribution in [3.8, 4) is 23.6 Å². The first kappa shape index (κ1) is 14.6. The van der Waals surface area contributed by atoms with Gasteiger partial charge in [0.05, 0.1) is 13.4 Å². The second-order valence-electron chi connectivity index (χ2n) is 3.48. The zero-order valence-corrected chi connectivity index (χ0v) is 11.1. The third-order valence-electron chi connectivity index (χ3n) is 1.98.